The van der Waals surface area contributed by atoms with E-state index in [0.717, 1.165) is 102 Å². The van der Waals surface area contributed by atoms with Crippen LogP contribution in [0.2, 0.25) is 0 Å². The molecule has 0 fully saturated rings. The lowest BCUT2D eigenvalue weighted by atomic mass is 9.99. The highest BCUT2D eigenvalue weighted by Crippen LogP contribution is 2.45. The highest BCUT2D eigenvalue weighted by molar-refractivity contribution is 7.47. The van der Waals surface area contributed by atoms with Crippen molar-refractivity contribution in [2.24, 2.45) is 11.8 Å². The van der Waals surface area contributed by atoms with Gasteiger partial charge in [-0.2, -0.15) is 0 Å². The van der Waals surface area contributed by atoms with Crippen LogP contribution in [0.3, 0.4) is 0 Å². The monoisotopic (exact) mass is 1690 g/mol. The van der Waals surface area contributed by atoms with Crippen LogP contribution in [-0.2, 0) is 65.4 Å². The number of phosphoric ester groups is 2. The van der Waals surface area contributed by atoms with Crippen molar-refractivity contribution in [2.45, 2.75) is 548 Å². The van der Waals surface area contributed by atoms with Crippen LogP contribution < -0.4 is 0 Å². The Morgan fingerprint density at radius 2 is 0.440 bits per heavy atom. The van der Waals surface area contributed by atoms with E-state index < -0.39 is 97.5 Å². The smallest absolute Gasteiger partial charge is 0.462 e. The number of phosphoric acid groups is 2. The summed E-state index contributed by atoms with van der Waals surface area (Å²) in [5.41, 5.74) is 0. The summed E-state index contributed by atoms with van der Waals surface area (Å²) in [5, 5.41) is 10.7. The van der Waals surface area contributed by atoms with Crippen LogP contribution in [0.5, 0.6) is 0 Å². The molecular formula is C97H190O17P2. The number of hydrogen-bond acceptors (Lipinski definition) is 15. The molecular weight excluding hydrogens is 1500 g/mol. The molecule has 0 rings (SSSR count). The summed E-state index contributed by atoms with van der Waals surface area (Å²) in [4.78, 5) is 73.6. The number of unbranched alkanes of at least 4 members (excludes halogenated alkanes) is 65. The zero-order valence-electron chi connectivity index (χ0n) is 76.8. The number of aliphatic hydroxyl groups is 1. The highest BCUT2D eigenvalue weighted by Gasteiger charge is 2.31. The molecule has 0 aromatic heterocycles. The van der Waals surface area contributed by atoms with E-state index in [2.05, 4.69) is 41.5 Å². The van der Waals surface area contributed by atoms with Crippen LogP contribution in [0.4, 0.5) is 0 Å². The third kappa shape index (κ3) is 88.4. The van der Waals surface area contributed by atoms with Crippen molar-refractivity contribution in [1.82, 2.24) is 0 Å². The number of esters is 4. The molecule has 0 bridgehead atoms. The molecule has 3 unspecified atom stereocenters. The van der Waals surface area contributed by atoms with E-state index in [-0.39, 0.29) is 25.7 Å². The first kappa shape index (κ1) is 114. The molecule has 0 amide bonds. The van der Waals surface area contributed by atoms with Gasteiger partial charge in [-0.1, -0.05) is 478 Å². The van der Waals surface area contributed by atoms with Crippen LogP contribution in [-0.4, -0.2) is 96.7 Å². The Hall–Kier alpha value is -1.94. The first-order chi connectivity index (χ1) is 56.4. The zero-order valence-corrected chi connectivity index (χ0v) is 78.6. The normalized spacial score (nSPS) is 13.9. The van der Waals surface area contributed by atoms with Crippen molar-refractivity contribution in [3.63, 3.8) is 0 Å². The van der Waals surface area contributed by atoms with Gasteiger partial charge >= 0.3 is 39.5 Å². The van der Waals surface area contributed by atoms with Gasteiger partial charge in [-0.15, -0.1) is 0 Å². The fourth-order valence-electron chi connectivity index (χ4n) is 15.3. The number of rotatable bonds is 96. The molecule has 0 radical (unpaired) electrons. The largest absolute Gasteiger partial charge is 0.472 e. The summed E-state index contributed by atoms with van der Waals surface area (Å²) < 4.78 is 69.3. The molecule has 0 aliphatic rings. The predicted molar refractivity (Wildman–Crippen MR) is 483 cm³/mol. The van der Waals surface area contributed by atoms with Crippen molar-refractivity contribution in [3.8, 4) is 0 Å². The first-order valence-electron chi connectivity index (χ1n) is 50.0. The second kappa shape index (κ2) is 87.9. The lowest BCUT2D eigenvalue weighted by Crippen LogP contribution is -2.30. The topological polar surface area (TPSA) is 237 Å². The minimum atomic E-state index is -4.97. The third-order valence-electron chi connectivity index (χ3n) is 23.3. The number of carbonyl (C=O) groups is 4. The molecule has 0 aromatic rings. The number of carbonyl (C=O) groups excluding carboxylic acids is 4. The van der Waals surface area contributed by atoms with Crippen molar-refractivity contribution < 1.29 is 80.2 Å². The van der Waals surface area contributed by atoms with E-state index in [1.54, 1.807) is 0 Å². The van der Waals surface area contributed by atoms with Gasteiger partial charge in [-0.05, 0) is 37.5 Å². The van der Waals surface area contributed by atoms with E-state index in [1.807, 2.05) is 0 Å². The molecule has 6 atom stereocenters. The molecule has 690 valence electrons. The van der Waals surface area contributed by atoms with Gasteiger partial charge in [-0.25, -0.2) is 9.13 Å². The SMILES string of the molecule is CCCCCCCCCCCCCCCCCCCCCCCCC(=O)O[C@H](COC(=O)CCCCCCCCCCCCCCCCCCCCC(C)C)COP(=O)(O)OC[C@@H](O)COP(=O)(O)OC[C@@H](COC(=O)CCCCCCCCCCC(C)CC)OC(=O)CCCCCCCCCCCCCCCCCCCCCCC. The number of aliphatic hydroxyl groups excluding tert-OH is 1. The highest BCUT2D eigenvalue weighted by atomic mass is 31.2. The molecule has 0 spiro atoms. The maximum atomic E-state index is 13.2. The maximum Gasteiger partial charge on any atom is 0.472 e. The Balaban J connectivity index is 5.23. The van der Waals surface area contributed by atoms with Crippen LogP contribution in [0, 0.1) is 11.8 Å². The van der Waals surface area contributed by atoms with Crippen molar-refractivity contribution in [2.75, 3.05) is 39.6 Å². The van der Waals surface area contributed by atoms with E-state index >= 15 is 0 Å². The lowest BCUT2D eigenvalue weighted by molar-refractivity contribution is -0.161. The van der Waals surface area contributed by atoms with Crippen molar-refractivity contribution in [1.29, 1.82) is 0 Å². The third-order valence-corrected chi connectivity index (χ3v) is 25.2. The van der Waals surface area contributed by atoms with Gasteiger partial charge in [0.25, 0.3) is 0 Å². The van der Waals surface area contributed by atoms with Gasteiger partial charge in [0, 0.05) is 25.7 Å². The van der Waals surface area contributed by atoms with Gasteiger partial charge in [0.15, 0.2) is 12.2 Å². The van der Waals surface area contributed by atoms with E-state index in [1.165, 1.54) is 347 Å². The van der Waals surface area contributed by atoms with Crippen molar-refractivity contribution in [3.05, 3.63) is 0 Å². The average molecular weight is 1690 g/mol. The molecule has 0 saturated carbocycles. The summed E-state index contributed by atoms with van der Waals surface area (Å²) in [7, 11) is -9.94. The van der Waals surface area contributed by atoms with E-state index in [0.29, 0.717) is 25.7 Å². The van der Waals surface area contributed by atoms with E-state index in [4.69, 9.17) is 37.0 Å². The molecule has 17 nitrogen and oxygen atoms in total. The van der Waals surface area contributed by atoms with Gasteiger partial charge in [0.2, 0.25) is 0 Å². The zero-order chi connectivity index (χ0) is 84.8. The molecule has 19 heteroatoms. The Kier molecular flexibility index (Phi) is 86.5. The van der Waals surface area contributed by atoms with Gasteiger partial charge in [-0.3, -0.25) is 37.3 Å². The molecule has 3 N–H and O–H groups in total. The fourth-order valence-corrected chi connectivity index (χ4v) is 16.9. The Morgan fingerprint density at radius 3 is 0.655 bits per heavy atom. The Bertz CT molecular complexity index is 2210. The molecule has 0 heterocycles. The van der Waals surface area contributed by atoms with Crippen LogP contribution in [0.15, 0.2) is 0 Å². The van der Waals surface area contributed by atoms with Crippen LogP contribution in [0.25, 0.3) is 0 Å². The standard InChI is InChI=1S/C97H190O17P2/c1-7-10-12-14-16-18-20-22-24-26-28-30-32-34-40-44-48-52-56-64-69-75-81-96(101)113-92(85-107-94(99)79-73-67-61-54-50-46-42-38-36-35-37-41-45-49-53-59-65-71-77-89(4)5)87-111-115(103,104)109-83-91(98)84-110-116(105,106)112-88-93(86-108-95(100)80-74-68-62-58-57-60-66-72-78-90(6)9-3)114-97(102)82-76-70-63-55-51-47-43-39-33-31-29-27-25-23-21-19-17-15-13-11-8-2/h89-93,98H,7-88H2,1-6H3,(H,103,104)(H,105,106)/t90?,91-,92-,93-/m1/s1. The second-order valence-electron chi connectivity index (χ2n) is 35.5. The Morgan fingerprint density at radius 1 is 0.250 bits per heavy atom. The average Bonchev–Trinajstić information content (AvgIpc) is 0.896. The predicted octanol–water partition coefficient (Wildman–Crippen LogP) is 30.5. The number of hydrogen-bond donors (Lipinski definition) is 3. The quantitative estimate of drug-likeness (QED) is 0.0222. The van der Waals surface area contributed by atoms with Crippen molar-refractivity contribution >= 4 is 39.5 Å². The lowest BCUT2D eigenvalue weighted by Gasteiger charge is -2.21. The van der Waals surface area contributed by atoms with Crippen LogP contribution >= 0.6 is 15.6 Å². The second-order valence-corrected chi connectivity index (χ2v) is 38.4. The first-order valence-corrected chi connectivity index (χ1v) is 53.0. The fraction of sp³-hybridized carbons (Fsp3) is 0.959. The molecule has 0 aliphatic carbocycles. The molecule has 0 saturated heterocycles. The molecule has 0 aromatic carbocycles. The van der Waals surface area contributed by atoms with Gasteiger partial charge < -0.3 is 33.8 Å². The van der Waals surface area contributed by atoms with Gasteiger partial charge in [0.1, 0.15) is 19.3 Å². The molecule has 116 heavy (non-hydrogen) atoms. The Labute approximate surface area is 715 Å². The minimum absolute atomic E-state index is 0.109. The van der Waals surface area contributed by atoms with Gasteiger partial charge in [0.05, 0.1) is 26.4 Å². The summed E-state index contributed by atoms with van der Waals surface area (Å²) in [6.07, 6.45) is 85.0. The summed E-state index contributed by atoms with van der Waals surface area (Å²) in [6.45, 7) is 9.78. The summed E-state index contributed by atoms with van der Waals surface area (Å²) in [5.74, 6) is -0.490. The summed E-state index contributed by atoms with van der Waals surface area (Å²) >= 11 is 0. The molecule has 0 aliphatic heterocycles. The van der Waals surface area contributed by atoms with E-state index in [9.17, 15) is 43.2 Å². The maximum absolute atomic E-state index is 13.2. The minimum Gasteiger partial charge on any atom is -0.462 e. The number of ether oxygens (including phenoxy) is 4. The van der Waals surface area contributed by atoms with Crippen LogP contribution in [0.1, 0.15) is 530 Å². The summed E-state index contributed by atoms with van der Waals surface area (Å²) in [6, 6.07) is 0.